The molecule has 5 rings (SSSR count). The van der Waals surface area contributed by atoms with Gasteiger partial charge in [-0.3, -0.25) is 24.3 Å². The number of carbonyl (C=O) groups is 3. The van der Waals surface area contributed by atoms with Crippen LogP contribution in [0.25, 0.3) is 0 Å². The molecule has 0 radical (unpaired) electrons. The minimum absolute atomic E-state index is 0.0473. The summed E-state index contributed by atoms with van der Waals surface area (Å²) in [5, 5.41) is 0. The maximum absolute atomic E-state index is 13.2. The van der Waals surface area contributed by atoms with Gasteiger partial charge in [-0.25, -0.2) is 9.29 Å². The first-order valence-corrected chi connectivity index (χ1v) is 11.2. The second-order valence-corrected chi connectivity index (χ2v) is 8.40. The Labute approximate surface area is 196 Å². The number of amides is 2. The topological polar surface area (TPSA) is 73.8 Å². The van der Waals surface area contributed by atoms with Gasteiger partial charge in [-0.2, -0.15) is 0 Å². The molecule has 1 atom stereocenters. The second-order valence-electron chi connectivity index (χ2n) is 8.40. The van der Waals surface area contributed by atoms with Gasteiger partial charge in [-0.05, 0) is 60.7 Å². The fourth-order valence-corrected chi connectivity index (χ4v) is 4.55. The van der Waals surface area contributed by atoms with Crippen molar-refractivity contribution in [2.75, 3.05) is 36.0 Å². The van der Waals surface area contributed by atoms with Crippen LogP contribution in [0.1, 0.15) is 22.3 Å². The summed E-state index contributed by atoms with van der Waals surface area (Å²) in [6, 6.07) is 15.8. The van der Waals surface area contributed by atoms with Gasteiger partial charge in [0, 0.05) is 55.4 Å². The highest BCUT2D eigenvalue weighted by Gasteiger charge is 2.43. The lowest BCUT2D eigenvalue weighted by Crippen LogP contribution is -2.52. The fraction of sp³-hybridized carbons (Fsp3) is 0.231. The molecule has 7 nitrogen and oxygen atoms in total. The van der Waals surface area contributed by atoms with Gasteiger partial charge < -0.3 is 4.90 Å². The number of hydrogen-bond donors (Lipinski definition) is 0. The normalized spacial score (nSPS) is 19.0. The van der Waals surface area contributed by atoms with E-state index in [2.05, 4.69) is 9.88 Å². The van der Waals surface area contributed by atoms with Gasteiger partial charge in [0.1, 0.15) is 5.82 Å². The Balaban J connectivity index is 1.21. The van der Waals surface area contributed by atoms with Gasteiger partial charge in [0.05, 0.1) is 18.2 Å². The minimum atomic E-state index is -0.500. The minimum Gasteiger partial charge on any atom is -0.369 e. The molecule has 2 saturated heterocycles. The number of hydrogen-bond acceptors (Lipinski definition) is 6. The zero-order valence-electron chi connectivity index (χ0n) is 18.4. The number of ketones is 1. The molecule has 2 aliphatic heterocycles. The van der Waals surface area contributed by atoms with Gasteiger partial charge in [0.25, 0.3) is 5.91 Å². The van der Waals surface area contributed by atoms with Crippen LogP contribution < -0.4 is 9.80 Å². The molecular weight excluding hydrogens is 435 g/mol. The molecule has 172 valence electrons. The summed E-state index contributed by atoms with van der Waals surface area (Å²) in [4.78, 5) is 47.5. The van der Waals surface area contributed by atoms with E-state index in [-0.39, 0.29) is 24.0 Å². The number of aromatic nitrogens is 1. The third kappa shape index (κ3) is 4.20. The van der Waals surface area contributed by atoms with E-state index in [4.69, 9.17) is 0 Å². The predicted molar refractivity (Wildman–Crippen MR) is 125 cm³/mol. The first-order valence-electron chi connectivity index (χ1n) is 11.2. The van der Waals surface area contributed by atoms with Crippen molar-refractivity contribution in [2.24, 2.45) is 0 Å². The molecule has 34 heavy (non-hydrogen) atoms. The SMILES string of the molecule is O=C(c1ccncc1)c1ccc(N2CCN(C3CC(=O)N(c4ccc(F)cc4)C3=O)CC2)cc1. The number of anilines is 2. The smallest absolute Gasteiger partial charge is 0.251 e. The van der Waals surface area contributed by atoms with Crippen LogP contribution >= 0.6 is 0 Å². The van der Waals surface area contributed by atoms with Crippen molar-refractivity contribution in [2.45, 2.75) is 12.5 Å². The summed E-state index contributed by atoms with van der Waals surface area (Å²) in [7, 11) is 0. The quantitative estimate of drug-likeness (QED) is 0.433. The lowest BCUT2D eigenvalue weighted by molar-refractivity contribution is -0.123. The number of carbonyl (C=O) groups excluding carboxylic acids is 3. The van der Waals surface area contributed by atoms with Gasteiger partial charge in [0.15, 0.2) is 5.78 Å². The number of halogens is 1. The van der Waals surface area contributed by atoms with E-state index in [0.717, 1.165) is 10.6 Å². The highest BCUT2D eigenvalue weighted by Crippen LogP contribution is 2.27. The van der Waals surface area contributed by atoms with Crippen LogP contribution in [0.2, 0.25) is 0 Å². The molecule has 0 bridgehead atoms. The largest absolute Gasteiger partial charge is 0.369 e. The van der Waals surface area contributed by atoms with E-state index in [1.165, 1.54) is 24.3 Å². The van der Waals surface area contributed by atoms with E-state index in [1.54, 1.807) is 24.5 Å². The van der Waals surface area contributed by atoms with E-state index in [1.807, 2.05) is 29.2 Å². The molecular formula is C26H23FN4O3. The van der Waals surface area contributed by atoms with Crippen LogP contribution in [0.3, 0.4) is 0 Å². The Morgan fingerprint density at radius 3 is 2.03 bits per heavy atom. The Morgan fingerprint density at radius 1 is 0.794 bits per heavy atom. The Hall–Kier alpha value is -3.91. The zero-order chi connectivity index (χ0) is 23.7. The molecule has 2 fully saturated rings. The van der Waals surface area contributed by atoms with Gasteiger partial charge in [-0.15, -0.1) is 0 Å². The molecule has 2 aliphatic rings. The highest BCUT2D eigenvalue weighted by atomic mass is 19.1. The van der Waals surface area contributed by atoms with Crippen molar-refractivity contribution in [1.29, 1.82) is 0 Å². The Kier molecular flexibility index (Phi) is 5.90. The summed E-state index contributed by atoms with van der Waals surface area (Å²) >= 11 is 0. The van der Waals surface area contributed by atoms with E-state index in [9.17, 15) is 18.8 Å². The lowest BCUT2D eigenvalue weighted by atomic mass is 10.0. The van der Waals surface area contributed by atoms with Crippen LogP contribution in [-0.4, -0.2) is 59.7 Å². The third-order valence-electron chi connectivity index (χ3n) is 6.40. The first-order chi connectivity index (χ1) is 16.5. The molecule has 8 heteroatoms. The molecule has 1 unspecified atom stereocenters. The Morgan fingerprint density at radius 2 is 1.38 bits per heavy atom. The molecule has 0 saturated carbocycles. The molecule has 2 amide bonds. The van der Waals surface area contributed by atoms with E-state index < -0.39 is 11.9 Å². The van der Waals surface area contributed by atoms with Crippen molar-refractivity contribution in [1.82, 2.24) is 9.88 Å². The number of piperazine rings is 1. The van der Waals surface area contributed by atoms with Crippen LogP contribution in [0, 0.1) is 5.82 Å². The van der Waals surface area contributed by atoms with Crippen LogP contribution in [-0.2, 0) is 9.59 Å². The van der Waals surface area contributed by atoms with Crippen molar-refractivity contribution in [3.05, 3.63) is 90.0 Å². The van der Waals surface area contributed by atoms with Crippen molar-refractivity contribution >= 4 is 29.0 Å². The fourth-order valence-electron chi connectivity index (χ4n) is 4.55. The summed E-state index contributed by atoms with van der Waals surface area (Å²) in [5.41, 5.74) is 2.62. The molecule has 0 N–H and O–H groups in total. The molecule has 3 aromatic rings. The number of pyridine rings is 1. The summed E-state index contributed by atoms with van der Waals surface area (Å²) in [6.07, 6.45) is 3.33. The van der Waals surface area contributed by atoms with Gasteiger partial charge in [-0.1, -0.05) is 0 Å². The van der Waals surface area contributed by atoms with Crippen LogP contribution in [0.4, 0.5) is 15.8 Å². The molecule has 0 aliphatic carbocycles. The van der Waals surface area contributed by atoms with Gasteiger partial charge in [0.2, 0.25) is 5.91 Å². The predicted octanol–water partition coefficient (Wildman–Crippen LogP) is 2.91. The number of nitrogens with zero attached hydrogens (tertiary/aromatic N) is 4. The molecule has 0 spiro atoms. The number of imide groups is 1. The average Bonchev–Trinajstić information content (AvgIpc) is 3.18. The molecule has 1 aromatic heterocycles. The maximum atomic E-state index is 13.2. The number of benzene rings is 2. The zero-order valence-corrected chi connectivity index (χ0v) is 18.4. The summed E-state index contributed by atoms with van der Waals surface area (Å²) < 4.78 is 13.2. The highest BCUT2D eigenvalue weighted by molar-refractivity contribution is 6.22. The average molecular weight is 458 g/mol. The standard InChI is InChI=1S/C26H23FN4O3/c27-20-3-7-22(8-4-20)31-24(32)17-23(26(31)34)30-15-13-29(14-16-30)21-5-1-18(2-6-21)25(33)19-9-11-28-12-10-19/h1-12,23H,13-17H2. The summed E-state index contributed by atoms with van der Waals surface area (Å²) in [6.45, 7) is 2.68. The Bertz CT molecular complexity index is 1210. The van der Waals surface area contributed by atoms with Crippen molar-refractivity contribution in [3.63, 3.8) is 0 Å². The van der Waals surface area contributed by atoms with E-state index in [0.29, 0.717) is 43.0 Å². The maximum Gasteiger partial charge on any atom is 0.251 e. The van der Waals surface area contributed by atoms with Crippen LogP contribution in [0.15, 0.2) is 73.1 Å². The molecule has 3 heterocycles. The third-order valence-corrected chi connectivity index (χ3v) is 6.40. The molecule has 2 aromatic carbocycles. The number of rotatable bonds is 5. The van der Waals surface area contributed by atoms with Crippen molar-refractivity contribution < 1.29 is 18.8 Å². The lowest BCUT2D eigenvalue weighted by Gasteiger charge is -2.38. The van der Waals surface area contributed by atoms with Crippen LogP contribution in [0.5, 0.6) is 0 Å². The summed E-state index contributed by atoms with van der Waals surface area (Å²) in [5.74, 6) is -0.985. The van der Waals surface area contributed by atoms with E-state index >= 15 is 0 Å². The first kappa shape index (κ1) is 21.9. The van der Waals surface area contributed by atoms with Crippen molar-refractivity contribution in [3.8, 4) is 0 Å². The second kappa shape index (κ2) is 9.15. The monoisotopic (exact) mass is 458 g/mol. The van der Waals surface area contributed by atoms with Gasteiger partial charge >= 0.3 is 0 Å².